The number of hydrogen-bond donors (Lipinski definition) is 2. The van der Waals surface area contributed by atoms with Gasteiger partial charge in [-0.05, 0) is 60.7 Å². The van der Waals surface area contributed by atoms with E-state index < -0.39 is 9.84 Å². The van der Waals surface area contributed by atoms with E-state index in [4.69, 9.17) is 4.74 Å². The normalized spacial score (nSPS) is 10.8. The zero-order valence-corrected chi connectivity index (χ0v) is 17.0. The maximum Gasteiger partial charge on any atom is 0.262 e. The molecular formula is C22H20N2O5S. The summed E-state index contributed by atoms with van der Waals surface area (Å²) in [6.07, 6.45) is 0. The molecule has 3 aromatic carbocycles. The summed E-state index contributed by atoms with van der Waals surface area (Å²) >= 11 is 0. The van der Waals surface area contributed by atoms with Gasteiger partial charge in [0.05, 0.1) is 9.79 Å². The van der Waals surface area contributed by atoms with Gasteiger partial charge < -0.3 is 15.4 Å². The molecule has 0 saturated carbocycles. The van der Waals surface area contributed by atoms with Gasteiger partial charge in [-0.1, -0.05) is 18.2 Å². The summed E-state index contributed by atoms with van der Waals surface area (Å²) in [4.78, 5) is 23.4. The van der Waals surface area contributed by atoms with Crippen molar-refractivity contribution in [3.8, 4) is 5.75 Å². The highest BCUT2D eigenvalue weighted by atomic mass is 32.2. The topological polar surface area (TPSA) is 102 Å². The van der Waals surface area contributed by atoms with Crippen LogP contribution in [0, 0.1) is 0 Å². The number of nitrogens with one attached hydrogen (secondary N) is 2. The summed E-state index contributed by atoms with van der Waals surface area (Å²) in [5, 5.41) is 5.32. The van der Waals surface area contributed by atoms with Gasteiger partial charge in [-0.25, -0.2) is 8.42 Å². The van der Waals surface area contributed by atoms with Gasteiger partial charge in [0.15, 0.2) is 6.61 Å². The van der Waals surface area contributed by atoms with Crippen LogP contribution in [-0.2, 0) is 19.4 Å². The second kappa shape index (κ2) is 9.23. The molecule has 0 fully saturated rings. The average molecular weight is 424 g/mol. The fourth-order valence-electron chi connectivity index (χ4n) is 2.64. The van der Waals surface area contributed by atoms with Gasteiger partial charge in [-0.2, -0.15) is 0 Å². The molecule has 0 bridgehead atoms. The largest absolute Gasteiger partial charge is 0.484 e. The molecule has 0 unspecified atom stereocenters. The molecule has 2 amide bonds. The van der Waals surface area contributed by atoms with E-state index >= 15 is 0 Å². The first-order valence-corrected chi connectivity index (χ1v) is 10.5. The molecule has 2 N–H and O–H groups in total. The zero-order chi connectivity index (χ0) is 21.6. The third kappa shape index (κ3) is 5.45. The van der Waals surface area contributed by atoms with Gasteiger partial charge in [0.2, 0.25) is 15.7 Å². The monoisotopic (exact) mass is 424 g/mol. The first-order chi connectivity index (χ1) is 14.3. The molecule has 0 spiro atoms. The Hall–Kier alpha value is -3.65. The summed E-state index contributed by atoms with van der Waals surface area (Å²) in [7, 11) is -3.60. The van der Waals surface area contributed by atoms with E-state index in [1.807, 2.05) is 0 Å². The number of carbonyl (C=O) groups excluding carboxylic acids is 2. The number of hydrogen-bond acceptors (Lipinski definition) is 5. The van der Waals surface area contributed by atoms with Crippen molar-refractivity contribution in [2.45, 2.75) is 16.7 Å². The van der Waals surface area contributed by atoms with Gasteiger partial charge in [-0.15, -0.1) is 0 Å². The van der Waals surface area contributed by atoms with E-state index in [0.29, 0.717) is 17.1 Å². The molecule has 0 saturated heterocycles. The van der Waals surface area contributed by atoms with Gasteiger partial charge in [0, 0.05) is 18.3 Å². The molecule has 3 aromatic rings. The fraction of sp³-hybridized carbons (Fsp3) is 0.0909. The van der Waals surface area contributed by atoms with Crippen molar-refractivity contribution in [2.24, 2.45) is 0 Å². The minimum absolute atomic E-state index is 0.143. The van der Waals surface area contributed by atoms with E-state index in [9.17, 15) is 18.0 Å². The Bertz CT molecular complexity index is 1130. The molecular weight excluding hydrogens is 404 g/mol. The summed E-state index contributed by atoms with van der Waals surface area (Å²) in [6.45, 7) is 1.18. The Balaban J connectivity index is 1.56. The van der Waals surface area contributed by atoms with Crippen LogP contribution in [0.15, 0.2) is 88.7 Å². The van der Waals surface area contributed by atoms with Crippen molar-refractivity contribution >= 4 is 33.0 Å². The van der Waals surface area contributed by atoms with Crippen molar-refractivity contribution in [3.05, 3.63) is 78.9 Å². The maximum absolute atomic E-state index is 12.6. The Morgan fingerprint density at radius 1 is 0.767 bits per heavy atom. The summed E-state index contributed by atoms with van der Waals surface area (Å²) < 4.78 is 30.6. The molecule has 0 aliphatic heterocycles. The summed E-state index contributed by atoms with van der Waals surface area (Å²) in [5.74, 6) is -0.177. The molecule has 0 aliphatic rings. The van der Waals surface area contributed by atoms with Crippen LogP contribution in [0.5, 0.6) is 5.75 Å². The smallest absolute Gasteiger partial charge is 0.262 e. The standard InChI is InChI=1S/C22H20N2O5S/c1-16(25)23-17-7-9-18(10-8-17)24-22(26)15-29-19-11-13-21(14-12-19)30(27,28)20-5-3-2-4-6-20/h2-14H,15H2,1H3,(H,23,25)(H,24,26). The molecule has 0 heterocycles. The van der Waals surface area contributed by atoms with Crippen molar-refractivity contribution in [2.75, 3.05) is 17.2 Å². The minimum Gasteiger partial charge on any atom is -0.484 e. The van der Waals surface area contributed by atoms with Crippen LogP contribution in [0.3, 0.4) is 0 Å². The van der Waals surface area contributed by atoms with Crippen LogP contribution in [0.1, 0.15) is 6.92 Å². The highest BCUT2D eigenvalue weighted by Gasteiger charge is 2.17. The molecule has 8 heteroatoms. The molecule has 3 rings (SSSR count). The molecule has 30 heavy (non-hydrogen) atoms. The predicted octanol–water partition coefficient (Wildman–Crippen LogP) is 3.50. The average Bonchev–Trinajstić information content (AvgIpc) is 2.74. The first kappa shape index (κ1) is 21.1. The number of amides is 2. The highest BCUT2D eigenvalue weighted by Crippen LogP contribution is 2.23. The Labute approximate surface area is 174 Å². The van der Waals surface area contributed by atoms with Crippen molar-refractivity contribution < 1.29 is 22.7 Å². The Kier molecular flexibility index (Phi) is 6.48. The van der Waals surface area contributed by atoms with Gasteiger partial charge in [0.1, 0.15) is 5.75 Å². The third-order valence-electron chi connectivity index (χ3n) is 4.05. The molecule has 154 valence electrons. The lowest BCUT2D eigenvalue weighted by molar-refractivity contribution is -0.118. The SMILES string of the molecule is CC(=O)Nc1ccc(NC(=O)COc2ccc(S(=O)(=O)c3ccccc3)cc2)cc1. The second-order valence-corrected chi connectivity index (χ2v) is 8.33. The van der Waals surface area contributed by atoms with Gasteiger partial charge >= 0.3 is 0 Å². The lowest BCUT2D eigenvalue weighted by Gasteiger charge is -2.09. The fourth-order valence-corrected chi connectivity index (χ4v) is 3.92. The van der Waals surface area contributed by atoms with E-state index in [-0.39, 0.29) is 28.2 Å². The number of anilines is 2. The first-order valence-electron chi connectivity index (χ1n) is 9.05. The third-order valence-corrected chi connectivity index (χ3v) is 5.83. The lowest BCUT2D eigenvalue weighted by Crippen LogP contribution is -2.20. The summed E-state index contributed by atoms with van der Waals surface area (Å²) in [5.41, 5.74) is 1.18. The van der Waals surface area contributed by atoms with Crippen LogP contribution < -0.4 is 15.4 Å². The van der Waals surface area contributed by atoms with E-state index in [1.165, 1.54) is 43.3 Å². The Morgan fingerprint density at radius 3 is 1.87 bits per heavy atom. The zero-order valence-electron chi connectivity index (χ0n) is 16.2. The van der Waals surface area contributed by atoms with Crippen molar-refractivity contribution in [3.63, 3.8) is 0 Å². The van der Waals surface area contributed by atoms with Crippen molar-refractivity contribution in [1.29, 1.82) is 0 Å². The number of ether oxygens (including phenoxy) is 1. The van der Waals surface area contributed by atoms with Crippen LogP contribution in [-0.4, -0.2) is 26.8 Å². The van der Waals surface area contributed by atoms with Crippen molar-refractivity contribution in [1.82, 2.24) is 0 Å². The molecule has 0 atom stereocenters. The quantitative estimate of drug-likeness (QED) is 0.605. The molecule has 0 radical (unpaired) electrons. The maximum atomic E-state index is 12.6. The van der Waals surface area contributed by atoms with Gasteiger partial charge in [0.25, 0.3) is 5.91 Å². The van der Waals surface area contributed by atoms with Crippen LogP contribution in [0.2, 0.25) is 0 Å². The number of sulfone groups is 1. The summed E-state index contributed by atoms with van der Waals surface area (Å²) in [6, 6.07) is 20.7. The van der Waals surface area contributed by atoms with E-state index in [0.717, 1.165) is 0 Å². The van der Waals surface area contributed by atoms with Crippen LogP contribution in [0.4, 0.5) is 11.4 Å². The van der Waals surface area contributed by atoms with Crippen LogP contribution >= 0.6 is 0 Å². The highest BCUT2D eigenvalue weighted by molar-refractivity contribution is 7.91. The Morgan fingerprint density at radius 2 is 1.30 bits per heavy atom. The number of carbonyl (C=O) groups is 2. The second-order valence-electron chi connectivity index (χ2n) is 6.38. The van der Waals surface area contributed by atoms with Gasteiger partial charge in [-0.3, -0.25) is 9.59 Å². The number of benzene rings is 3. The van der Waals surface area contributed by atoms with E-state index in [2.05, 4.69) is 10.6 Å². The van der Waals surface area contributed by atoms with E-state index in [1.54, 1.807) is 42.5 Å². The lowest BCUT2D eigenvalue weighted by atomic mass is 10.2. The molecule has 0 aliphatic carbocycles. The predicted molar refractivity (Wildman–Crippen MR) is 113 cm³/mol. The molecule has 7 nitrogen and oxygen atoms in total. The van der Waals surface area contributed by atoms with Crippen LogP contribution in [0.25, 0.3) is 0 Å². The number of rotatable bonds is 7. The molecule has 0 aromatic heterocycles. The minimum atomic E-state index is -3.60.